The number of H-pyrrole nitrogens is 1. The molecule has 0 aliphatic carbocycles. The number of aromatic nitrogens is 3. The van der Waals surface area contributed by atoms with Crippen LogP contribution in [0.5, 0.6) is 5.88 Å². The van der Waals surface area contributed by atoms with Crippen molar-refractivity contribution in [1.29, 1.82) is 0 Å². The predicted molar refractivity (Wildman–Crippen MR) is 72.0 cm³/mol. The largest absolute Gasteiger partial charge is 0.493 e. The molecule has 0 spiro atoms. The molecule has 5 heteroatoms. The van der Waals surface area contributed by atoms with Crippen molar-refractivity contribution in [2.75, 3.05) is 0 Å². The van der Waals surface area contributed by atoms with Crippen LogP contribution in [0.2, 0.25) is 0 Å². The summed E-state index contributed by atoms with van der Waals surface area (Å²) >= 11 is 0. The Morgan fingerprint density at radius 2 is 2.00 bits per heavy atom. The molecule has 3 aromatic rings. The maximum atomic E-state index is 11.7. The van der Waals surface area contributed by atoms with Crippen LogP contribution in [-0.4, -0.2) is 20.1 Å². The molecule has 3 rings (SSSR count). The van der Waals surface area contributed by atoms with Crippen LogP contribution in [0, 0.1) is 6.92 Å². The smallest absolute Gasteiger partial charge is 0.257 e. The van der Waals surface area contributed by atoms with Crippen molar-refractivity contribution in [2.45, 2.75) is 6.92 Å². The molecule has 0 unspecified atom stereocenters. The van der Waals surface area contributed by atoms with E-state index in [4.69, 9.17) is 0 Å². The summed E-state index contributed by atoms with van der Waals surface area (Å²) < 4.78 is 0. The molecule has 2 heterocycles. The van der Waals surface area contributed by atoms with Crippen LogP contribution in [0.15, 0.2) is 41.3 Å². The van der Waals surface area contributed by atoms with Crippen LogP contribution in [0.3, 0.4) is 0 Å². The summed E-state index contributed by atoms with van der Waals surface area (Å²) in [4.78, 5) is 22.6. The number of aromatic hydroxyl groups is 1. The molecule has 94 valence electrons. The Labute approximate surface area is 108 Å². The highest BCUT2D eigenvalue weighted by molar-refractivity contribution is 5.92. The minimum atomic E-state index is -0.344. The van der Waals surface area contributed by atoms with Gasteiger partial charge in [0.05, 0.1) is 11.1 Å². The fourth-order valence-electron chi connectivity index (χ4n) is 1.95. The number of aromatic amines is 1. The number of hydrogen-bond acceptors (Lipinski definition) is 4. The molecule has 0 bridgehead atoms. The Balaban J connectivity index is 2.34. The maximum Gasteiger partial charge on any atom is 0.257 e. The lowest BCUT2D eigenvalue weighted by molar-refractivity contribution is 0.447. The monoisotopic (exact) mass is 253 g/mol. The highest BCUT2D eigenvalue weighted by Crippen LogP contribution is 2.25. The van der Waals surface area contributed by atoms with Crippen molar-refractivity contribution in [3.63, 3.8) is 0 Å². The third-order valence-corrected chi connectivity index (χ3v) is 3.03. The average molecular weight is 253 g/mol. The number of para-hydroxylation sites is 1. The summed E-state index contributed by atoms with van der Waals surface area (Å²) in [5, 5.41) is 10.5. The molecule has 0 saturated carbocycles. The van der Waals surface area contributed by atoms with E-state index in [1.165, 1.54) is 6.92 Å². The Bertz CT molecular complexity index is 819. The lowest BCUT2D eigenvalue weighted by Gasteiger charge is -2.06. The zero-order chi connectivity index (χ0) is 13.4. The quantitative estimate of drug-likeness (QED) is 0.695. The first-order valence-corrected chi connectivity index (χ1v) is 5.81. The standard InChI is InChI=1S/C14H11N3O2/c1-8-13(18)16-12(17-14(8)19)10-6-7-15-11-5-3-2-4-9(10)11/h2-7H,1H3,(H2,16,17,18,19). The summed E-state index contributed by atoms with van der Waals surface area (Å²) in [6.07, 6.45) is 1.65. The minimum absolute atomic E-state index is 0.210. The SMILES string of the molecule is Cc1c(O)nc(-c2ccnc3ccccc23)[nH]c1=O. The molecule has 0 fully saturated rings. The van der Waals surface area contributed by atoms with Crippen LogP contribution in [0.25, 0.3) is 22.3 Å². The first kappa shape index (κ1) is 11.4. The second kappa shape index (κ2) is 4.20. The van der Waals surface area contributed by atoms with Gasteiger partial charge in [0.25, 0.3) is 5.56 Å². The summed E-state index contributed by atoms with van der Waals surface area (Å²) in [7, 11) is 0. The lowest BCUT2D eigenvalue weighted by Crippen LogP contribution is -2.12. The van der Waals surface area contributed by atoms with Gasteiger partial charge in [-0.2, -0.15) is 4.98 Å². The maximum absolute atomic E-state index is 11.7. The number of hydrogen-bond donors (Lipinski definition) is 2. The molecule has 5 nitrogen and oxygen atoms in total. The number of nitrogens with one attached hydrogen (secondary N) is 1. The van der Waals surface area contributed by atoms with Gasteiger partial charge >= 0.3 is 0 Å². The first-order valence-electron chi connectivity index (χ1n) is 5.81. The molecule has 1 aromatic carbocycles. The molecular formula is C14H11N3O2. The van der Waals surface area contributed by atoms with Crippen LogP contribution in [0.4, 0.5) is 0 Å². The van der Waals surface area contributed by atoms with Crippen LogP contribution in [0.1, 0.15) is 5.56 Å². The second-order valence-electron chi connectivity index (χ2n) is 4.24. The predicted octanol–water partition coefficient (Wildman–Crippen LogP) is 2.00. The normalized spacial score (nSPS) is 10.8. The van der Waals surface area contributed by atoms with Gasteiger partial charge < -0.3 is 10.1 Å². The fourth-order valence-corrected chi connectivity index (χ4v) is 1.95. The highest BCUT2D eigenvalue weighted by atomic mass is 16.3. The average Bonchev–Trinajstić information content (AvgIpc) is 2.43. The summed E-state index contributed by atoms with van der Waals surface area (Å²) in [6, 6.07) is 9.32. The van der Waals surface area contributed by atoms with E-state index in [0.29, 0.717) is 5.82 Å². The molecule has 0 aliphatic heterocycles. The molecular weight excluding hydrogens is 242 g/mol. The summed E-state index contributed by atoms with van der Waals surface area (Å²) in [5.74, 6) is 0.0892. The van der Waals surface area contributed by atoms with Crippen LogP contribution in [-0.2, 0) is 0 Å². The Morgan fingerprint density at radius 3 is 2.79 bits per heavy atom. The van der Waals surface area contributed by atoms with Crippen LogP contribution < -0.4 is 5.56 Å². The van der Waals surface area contributed by atoms with E-state index in [-0.39, 0.29) is 17.0 Å². The molecule has 19 heavy (non-hydrogen) atoms. The molecule has 2 N–H and O–H groups in total. The van der Waals surface area contributed by atoms with Gasteiger partial charge in [-0.05, 0) is 19.1 Å². The van der Waals surface area contributed by atoms with Crippen LogP contribution >= 0.6 is 0 Å². The van der Waals surface area contributed by atoms with Crippen molar-refractivity contribution in [2.24, 2.45) is 0 Å². The lowest BCUT2D eigenvalue weighted by atomic mass is 10.1. The van der Waals surface area contributed by atoms with Crippen molar-refractivity contribution in [3.8, 4) is 17.3 Å². The number of fused-ring (bicyclic) bond motifs is 1. The highest BCUT2D eigenvalue weighted by Gasteiger charge is 2.10. The Hall–Kier alpha value is -2.69. The molecule has 0 saturated heterocycles. The zero-order valence-corrected chi connectivity index (χ0v) is 10.2. The molecule has 2 aromatic heterocycles. The third kappa shape index (κ3) is 1.85. The van der Waals surface area contributed by atoms with Crippen molar-refractivity contribution < 1.29 is 5.11 Å². The molecule has 0 aliphatic rings. The third-order valence-electron chi connectivity index (χ3n) is 3.03. The van der Waals surface area contributed by atoms with E-state index in [1.54, 1.807) is 12.3 Å². The molecule has 0 amide bonds. The fraction of sp³-hybridized carbons (Fsp3) is 0.0714. The van der Waals surface area contributed by atoms with Crippen molar-refractivity contribution in [3.05, 3.63) is 52.4 Å². The van der Waals surface area contributed by atoms with Gasteiger partial charge in [-0.1, -0.05) is 18.2 Å². The molecule has 0 radical (unpaired) electrons. The minimum Gasteiger partial charge on any atom is -0.493 e. The van der Waals surface area contributed by atoms with Gasteiger partial charge in [-0.15, -0.1) is 0 Å². The van der Waals surface area contributed by atoms with Crippen molar-refractivity contribution in [1.82, 2.24) is 15.0 Å². The van der Waals surface area contributed by atoms with Gasteiger partial charge in [0, 0.05) is 17.1 Å². The Kier molecular flexibility index (Phi) is 2.52. The van der Waals surface area contributed by atoms with Gasteiger partial charge in [0.15, 0.2) is 0 Å². The van der Waals surface area contributed by atoms with E-state index in [1.807, 2.05) is 24.3 Å². The van der Waals surface area contributed by atoms with E-state index >= 15 is 0 Å². The molecule has 0 atom stereocenters. The first-order chi connectivity index (χ1) is 9.16. The number of pyridine rings is 1. The van der Waals surface area contributed by atoms with Gasteiger partial charge in [0.2, 0.25) is 5.88 Å². The zero-order valence-electron chi connectivity index (χ0n) is 10.2. The van der Waals surface area contributed by atoms with E-state index in [0.717, 1.165) is 16.5 Å². The van der Waals surface area contributed by atoms with Gasteiger partial charge in [0.1, 0.15) is 5.82 Å². The second-order valence-corrected chi connectivity index (χ2v) is 4.24. The number of benzene rings is 1. The topological polar surface area (TPSA) is 78.9 Å². The number of rotatable bonds is 1. The van der Waals surface area contributed by atoms with E-state index < -0.39 is 0 Å². The summed E-state index contributed by atoms with van der Waals surface area (Å²) in [6.45, 7) is 1.52. The Morgan fingerprint density at radius 1 is 1.21 bits per heavy atom. The van der Waals surface area contributed by atoms with Gasteiger partial charge in [-0.25, -0.2) is 0 Å². The van der Waals surface area contributed by atoms with E-state index in [9.17, 15) is 9.90 Å². The van der Waals surface area contributed by atoms with E-state index in [2.05, 4.69) is 15.0 Å². The number of nitrogens with zero attached hydrogens (tertiary/aromatic N) is 2. The summed E-state index contributed by atoms with van der Waals surface area (Å²) in [5.41, 5.74) is 1.41. The van der Waals surface area contributed by atoms with Gasteiger partial charge in [-0.3, -0.25) is 9.78 Å². The van der Waals surface area contributed by atoms with Crippen molar-refractivity contribution >= 4 is 10.9 Å².